The van der Waals surface area contributed by atoms with E-state index in [0.29, 0.717) is 5.56 Å². The molecule has 2 N–H and O–H groups in total. The van der Waals surface area contributed by atoms with Crippen molar-refractivity contribution in [2.75, 3.05) is 11.9 Å². The highest BCUT2D eigenvalue weighted by Crippen LogP contribution is 2.49. The van der Waals surface area contributed by atoms with E-state index in [-0.39, 0.29) is 23.7 Å². The van der Waals surface area contributed by atoms with Gasteiger partial charge in [0, 0.05) is 17.2 Å². The van der Waals surface area contributed by atoms with E-state index in [1.54, 1.807) is 24.3 Å². The lowest BCUT2D eigenvalue weighted by Crippen LogP contribution is -2.37. The average molecular weight is 365 g/mol. The van der Waals surface area contributed by atoms with Gasteiger partial charge < -0.3 is 20.5 Å². The molecule has 1 aliphatic heterocycles. The molecule has 4 rings (SSSR count). The lowest BCUT2D eigenvalue weighted by Gasteiger charge is -2.37. The molecule has 6 heteroatoms. The molecule has 27 heavy (non-hydrogen) atoms. The normalized spacial score (nSPS) is 22.5. The molecule has 0 bridgehead atoms. The summed E-state index contributed by atoms with van der Waals surface area (Å²) in [5, 5.41) is 16.4. The third-order valence-corrected chi connectivity index (χ3v) is 5.25. The largest absolute Gasteiger partial charge is 0.548 e. The van der Waals surface area contributed by atoms with Crippen LogP contribution in [0.25, 0.3) is 0 Å². The first-order valence-corrected chi connectivity index (χ1v) is 8.83. The highest BCUT2D eigenvalue weighted by atomic mass is 19.1. The van der Waals surface area contributed by atoms with Gasteiger partial charge in [-0.25, -0.2) is 4.39 Å². The SMILES string of the molecule is O=C([O-])CNC(=O)c1ccc2c(c1)[C@H]1C=CC[C@H]1[C@H](c1ccc(F)cc1)N2. The Bertz CT molecular complexity index is 924. The van der Waals surface area contributed by atoms with Crippen molar-refractivity contribution in [2.45, 2.75) is 18.4 Å². The number of aliphatic carboxylic acids is 1. The standard InChI is InChI=1S/C21H19FN2O3/c22-14-7-4-12(5-8-14)20-16-3-1-2-15(16)17-10-13(6-9-18(17)24-20)21(27)23-11-19(25)26/h1-2,4-10,15-16,20,24H,3,11H2,(H,23,27)(H,25,26)/p-1/t15-,16+,20-/m0/s1. The number of hydrogen-bond acceptors (Lipinski definition) is 4. The van der Waals surface area contributed by atoms with Gasteiger partial charge in [-0.1, -0.05) is 24.3 Å². The molecule has 1 aliphatic carbocycles. The van der Waals surface area contributed by atoms with Gasteiger partial charge in [0.15, 0.2) is 0 Å². The molecule has 3 atom stereocenters. The lowest BCUT2D eigenvalue weighted by atomic mass is 9.76. The van der Waals surface area contributed by atoms with Crippen LogP contribution in [-0.4, -0.2) is 18.4 Å². The van der Waals surface area contributed by atoms with E-state index >= 15 is 0 Å². The Morgan fingerprint density at radius 3 is 2.70 bits per heavy atom. The zero-order valence-electron chi connectivity index (χ0n) is 14.4. The van der Waals surface area contributed by atoms with E-state index in [4.69, 9.17) is 0 Å². The molecule has 0 spiro atoms. The average Bonchev–Trinajstić information content (AvgIpc) is 3.16. The summed E-state index contributed by atoms with van der Waals surface area (Å²) in [5.41, 5.74) is 3.37. The van der Waals surface area contributed by atoms with Crippen LogP contribution in [0.15, 0.2) is 54.6 Å². The molecule has 0 fully saturated rings. The number of carboxylic acids is 1. The van der Waals surface area contributed by atoms with E-state index in [1.807, 2.05) is 6.07 Å². The zero-order chi connectivity index (χ0) is 19.0. The van der Waals surface area contributed by atoms with Gasteiger partial charge in [-0.2, -0.15) is 0 Å². The van der Waals surface area contributed by atoms with Crippen LogP contribution in [0.1, 0.15) is 39.9 Å². The molecule has 2 aliphatic rings. The maximum atomic E-state index is 13.3. The smallest absolute Gasteiger partial charge is 0.251 e. The monoisotopic (exact) mass is 365 g/mol. The summed E-state index contributed by atoms with van der Waals surface area (Å²) < 4.78 is 13.3. The molecule has 0 saturated carbocycles. The predicted octanol–water partition coefficient (Wildman–Crippen LogP) is 2.13. The number of fused-ring (bicyclic) bond motifs is 3. The first-order chi connectivity index (χ1) is 13.0. The Labute approximate surface area is 155 Å². The summed E-state index contributed by atoms with van der Waals surface area (Å²) >= 11 is 0. The number of benzene rings is 2. The molecule has 0 radical (unpaired) electrons. The summed E-state index contributed by atoms with van der Waals surface area (Å²) in [7, 11) is 0. The molecular weight excluding hydrogens is 347 g/mol. The fourth-order valence-corrected chi connectivity index (χ4v) is 3.99. The zero-order valence-corrected chi connectivity index (χ0v) is 14.4. The van der Waals surface area contributed by atoms with Crippen LogP contribution >= 0.6 is 0 Å². The molecule has 0 aromatic heterocycles. The van der Waals surface area contributed by atoms with Crippen LogP contribution in [-0.2, 0) is 4.79 Å². The van der Waals surface area contributed by atoms with Crippen molar-refractivity contribution in [3.8, 4) is 0 Å². The van der Waals surface area contributed by atoms with Gasteiger partial charge in [-0.15, -0.1) is 0 Å². The number of halogens is 1. The minimum atomic E-state index is -1.33. The highest BCUT2D eigenvalue weighted by Gasteiger charge is 2.38. The van der Waals surface area contributed by atoms with E-state index in [9.17, 15) is 19.1 Å². The van der Waals surface area contributed by atoms with E-state index < -0.39 is 18.4 Å². The van der Waals surface area contributed by atoms with E-state index in [2.05, 4.69) is 22.8 Å². The Morgan fingerprint density at radius 1 is 1.19 bits per heavy atom. The van der Waals surface area contributed by atoms with Gasteiger partial charge >= 0.3 is 0 Å². The number of rotatable bonds is 4. The summed E-state index contributed by atoms with van der Waals surface area (Å²) in [6.45, 7) is -0.521. The Kier molecular flexibility index (Phi) is 4.39. The number of carboxylic acid groups (broad SMARTS) is 1. The van der Waals surface area contributed by atoms with Crippen LogP contribution in [0, 0.1) is 11.7 Å². The number of carbonyl (C=O) groups excluding carboxylic acids is 2. The van der Waals surface area contributed by atoms with Gasteiger partial charge in [0.05, 0.1) is 18.6 Å². The van der Waals surface area contributed by atoms with Gasteiger partial charge in [-0.3, -0.25) is 4.79 Å². The number of hydrogen-bond donors (Lipinski definition) is 2. The second-order valence-corrected chi connectivity index (χ2v) is 6.88. The minimum absolute atomic E-state index is 0.0517. The highest BCUT2D eigenvalue weighted by molar-refractivity contribution is 5.96. The van der Waals surface area contributed by atoms with Crippen molar-refractivity contribution < 1.29 is 19.1 Å². The summed E-state index contributed by atoms with van der Waals surface area (Å²) in [6, 6.07) is 11.9. The third kappa shape index (κ3) is 3.30. The van der Waals surface area contributed by atoms with Crippen molar-refractivity contribution in [2.24, 2.45) is 5.92 Å². The first kappa shape index (κ1) is 17.3. The second kappa shape index (κ2) is 6.87. The Hall–Kier alpha value is -3.15. The molecule has 2 aromatic carbocycles. The van der Waals surface area contributed by atoms with Crippen molar-refractivity contribution in [1.82, 2.24) is 5.32 Å². The fourth-order valence-electron chi connectivity index (χ4n) is 3.99. The Morgan fingerprint density at radius 2 is 1.96 bits per heavy atom. The van der Waals surface area contributed by atoms with Crippen molar-refractivity contribution >= 4 is 17.6 Å². The van der Waals surface area contributed by atoms with Gasteiger partial charge in [0.1, 0.15) is 5.82 Å². The molecule has 1 amide bonds. The van der Waals surface area contributed by atoms with Gasteiger partial charge in [-0.05, 0) is 53.8 Å². The number of amides is 1. The summed E-state index contributed by atoms with van der Waals surface area (Å²) in [4.78, 5) is 22.7. The summed E-state index contributed by atoms with van der Waals surface area (Å²) in [5.74, 6) is -1.62. The van der Waals surface area contributed by atoms with Crippen molar-refractivity contribution in [1.29, 1.82) is 0 Å². The number of allylic oxidation sites excluding steroid dienone is 2. The lowest BCUT2D eigenvalue weighted by molar-refractivity contribution is -0.303. The van der Waals surface area contributed by atoms with Crippen LogP contribution in [0.4, 0.5) is 10.1 Å². The minimum Gasteiger partial charge on any atom is -0.548 e. The van der Waals surface area contributed by atoms with Crippen LogP contribution in [0.2, 0.25) is 0 Å². The molecule has 5 nitrogen and oxygen atoms in total. The van der Waals surface area contributed by atoms with Crippen LogP contribution in [0.5, 0.6) is 0 Å². The maximum Gasteiger partial charge on any atom is 0.251 e. The Balaban J connectivity index is 1.64. The fraction of sp³-hybridized carbons (Fsp3) is 0.238. The summed E-state index contributed by atoms with van der Waals surface area (Å²) in [6.07, 6.45) is 5.16. The van der Waals surface area contributed by atoms with Crippen LogP contribution in [0.3, 0.4) is 0 Å². The van der Waals surface area contributed by atoms with Crippen LogP contribution < -0.4 is 15.7 Å². The van der Waals surface area contributed by atoms with Gasteiger partial charge in [0.2, 0.25) is 0 Å². The van der Waals surface area contributed by atoms with Gasteiger partial charge in [0.25, 0.3) is 5.91 Å². The number of nitrogens with one attached hydrogen (secondary N) is 2. The second-order valence-electron chi connectivity index (χ2n) is 6.88. The molecule has 1 heterocycles. The molecule has 138 valence electrons. The first-order valence-electron chi connectivity index (χ1n) is 8.83. The number of anilines is 1. The van der Waals surface area contributed by atoms with Crippen molar-refractivity contribution in [3.05, 3.63) is 77.1 Å². The molecular formula is C21H18FN2O3-. The topological polar surface area (TPSA) is 81.3 Å². The third-order valence-electron chi connectivity index (χ3n) is 5.25. The predicted molar refractivity (Wildman–Crippen MR) is 96.5 cm³/mol. The number of carbonyl (C=O) groups is 2. The molecule has 0 saturated heterocycles. The molecule has 2 aromatic rings. The molecule has 0 unspecified atom stereocenters. The van der Waals surface area contributed by atoms with E-state index in [0.717, 1.165) is 23.2 Å². The van der Waals surface area contributed by atoms with Crippen molar-refractivity contribution in [3.63, 3.8) is 0 Å². The maximum absolute atomic E-state index is 13.3. The van der Waals surface area contributed by atoms with E-state index in [1.165, 1.54) is 12.1 Å². The quantitative estimate of drug-likeness (QED) is 0.814.